The van der Waals surface area contributed by atoms with Crippen LogP contribution in [0.1, 0.15) is 11.4 Å². The van der Waals surface area contributed by atoms with Crippen LogP contribution in [0.2, 0.25) is 0 Å². The van der Waals surface area contributed by atoms with Crippen LogP contribution in [0.3, 0.4) is 0 Å². The Bertz CT molecular complexity index is 979. The molecule has 3 aromatic rings. The molecule has 1 amide bonds. The lowest BCUT2D eigenvalue weighted by Gasteiger charge is -2.13. The number of thioether (sulfide) groups is 1. The quantitative estimate of drug-likeness (QED) is 0.447. The molecule has 0 bridgehead atoms. The van der Waals surface area contributed by atoms with E-state index in [1.165, 1.54) is 22.9 Å². The molecule has 0 saturated carbocycles. The van der Waals surface area contributed by atoms with Gasteiger partial charge in [-0.25, -0.2) is 4.68 Å². The van der Waals surface area contributed by atoms with Crippen molar-refractivity contribution < 1.29 is 22.7 Å². The zero-order valence-corrected chi connectivity index (χ0v) is 15.7. The predicted octanol–water partition coefficient (Wildman–Crippen LogP) is 3.32. The van der Waals surface area contributed by atoms with E-state index in [4.69, 9.17) is 10.6 Å². The number of hydrogen-bond acceptors (Lipinski definition) is 6. The zero-order valence-electron chi connectivity index (χ0n) is 14.9. The second kappa shape index (κ2) is 8.86. The predicted molar refractivity (Wildman–Crippen MR) is 102 cm³/mol. The van der Waals surface area contributed by atoms with Gasteiger partial charge in [-0.1, -0.05) is 42.1 Å². The summed E-state index contributed by atoms with van der Waals surface area (Å²) in [6, 6.07) is 13.8. The molecule has 0 fully saturated rings. The first kappa shape index (κ1) is 20.5. The molecule has 7 nitrogen and oxygen atoms in total. The summed E-state index contributed by atoms with van der Waals surface area (Å²) in [6.45, 7) is 0.0687. The fraction of sp³-hybridized carbons (Fsp3) is 0.167. The lowest BCUT2D eigenvalue weighted by Crippen LogP contribution is -2.19. The third-order valence-corrected chi connectivity index (χ3v) is 4.63. The summed E-state index contributed by atoms with van der Waals surface area (Å²) in [4.78, 5) is 12.1. The Morgan fingerprint density at radius 2 is 1.79 bits per heavy atom. The van der Waals surface area contributed by atoms with Gasteiger partial charge in [-0.15, -0.1) is 10.2 Å². The first-order valence-electron chi connectivity index (χ1n) is 8.30. The number of benzene rings is 2. The van der Waals surface area contributed by atoms with E-state index in [1.807, 2.05) is 18.2 Å². The van der Waals surface area contributed by atoms with E-state index in [0.717, 1.165) is 17.8 Å². The van der Waals surface area contributed by atoms with E-state index < -0.39 is 17.6 Å². The molecule has 29 heavy (non-hydrogen) atoms. The van der Waals surface area contributed by atoms with E-state index in [2.05, 4.69) is 15.5 Å². The highest BCUT2D eigenvalue weighted by molar-refractivity contribution is 7.99. The summed E-state index contributed by atoms with van der Waals surface area (Å²) in [5, 5.41) is 10.3. The smallest absolute Gasteiger partial charge is 0.418 e. The minimum absolute atomic E-state index is 0.0687. The molecule has 3 N–H and O–H groups in total. The number of nitrogen functional groups attached to an aromatic ring is 1. The van der Waals surface area contributed by atoms with Crippen LogP contribution in [0.15, 0.2) is 59.8 Å². The fourth-order valence-corrected chi connectivity index (χ4v) is 3.00. The molecule has 3 rings (SSSR count). The lowest BCUT2D eigenvalue weighted by atomic mass is 10.1. The SMILES string of the molecule is Nn1c(COc2ccccc2)nnc1SCC(=O)Nc1ccccc1C(F)(F)F. The number of halogens is 3. The summed E-state index contributed by atoms with van der Waals surface area (Å²) in [5.74, 6) is 6.04. The maximum atomic E-state index is 13.0. The number of rotatable bonds is 7. The van der Waals surface area contributed by atoms with E-state index >= 15 is 0 Å². The average molecular weight is 423 g/mol. The van der Waals surface area contributed by atoms with Crippen molar-refractivity contribution in [2.45, 2.75) is 17.9 Å². The van der Waals surface area contributed by atoms with E-state index in [0.29, 0.717) is 11.6 Å². The summed E-state index contributed by atoms with van der Waals surface area (Å²) >= 11 is 0.946. The molecule has 0 radical (unpaired) electrons. The number of ether oxygens (including phenoxy) is 1. The molecule has 0 aliphatic rings. The van der Waals surface area contributed by atoms with Crippen LogP contribution in [-0.2, 0) is 17.6 Å². The highest BCUT2D eigenvalue weighted by Gasteiger charge is 2.33. The summed E-state index contributed by atoms with van der Waals surface area (Å²) < 4.78 is 45.7. The summed E-state index contributed by atoms with van der Waals surface area (Å²) in [7, 11) is 0. The van der Waals surface area contributed by atoms with Crippen LogP contribution in [0.25, 0.3) is 0 Å². The van der Waals surface area contributed by atoms with Gasteiger partial charge in [0.25, 0.3) is 0 Å². The summed E-state index contributed by atoms with van der Waals surface area (Å²) in [5.41, 5.74) is -1.22. The third-order valence-electron chi connectivity index (χ3n) is 3.69. The van der Waals surface area contributed by atoms with Crippen molar-refractivity contribution in [2.24, 2.45) is 0 Å². The molecular weight excluding hydrogens is 407 g/mol. The van der Waals surface area contributed by atoms with Gasteiger partial charge in [-0.05, 0) is 24.3 Å². The molecule has 2 aromatic carbocycles. The first-order chi connectivity index (χ1) is 13.8. The number of hydrogen-bond donors (Lipinski definition) is 2. The van der Waals surface area contributed by atoms with Gasteiger partial charge < -0.3 is 15.9 Å². The van der Waals surface area contributed by atoms with Crippen LogP contribution in [-0.4, -0.2) is 26.5 Å². The number of amides is 1. The molecule has 0 aliphatic heterocycles. The number of nitrogens with one attached hydrogen (secondary N) is 1. The highest BCUT2D eigenvalue weighted by Crippen LogP contribution is 2.34. The topological polar surface area (TPSA) is 95.1 Å². The van der Waals surface area contributed by atoms with Crippen molar-refractivity contribution in [3.8, 4) is 5.75 Å². The van der Waals surface area contributed by atoms with Gasteiger partial charge >= 0.3 is 6.18 Å². The highest BCUT2D eigenvalue weighted by atomic mass is 32.2. The Morgan fingerprint density at radius 3 is 2.52 bits per heavy atom. The van der Waals surface area contributed by atoms with Crippen molar-refractivity contribution in [3.63, 3.8) is 0 Å². The number of nitrogens with zero attached hydrogens (tertiary/aromatic N) is 3. The Morgan fingerprint density at radius 1 is 1.10 bits per heavy atom. The number of nitrogens with two attached hydrogens (primary N) is 1. The Kier molecular flexibility index (Phi) is 6.27. The molecule has 0 aliphatic carbocycles. The van der Waals surface area contributed by atoms with Crippen molar-refractivity contribution in [2.75, 3.05) is 16.9 Å². The average Bonchev–Trinajstić information content (AvgIpc) is 3.05. The largest absolute Gasteiger partial charge is 0.486 e. The molecule has 152 valence electrons. The van der Waals surface area contributed by atoms with Crippen LogP contribution in [0.5, 0.6) is 5.75 Å². The molecule has 1 heterocycles. The third kappa shape index (κ3) is 5.41. The molecular formula is C18H16F3N5O2S. The monoisotopic (exact) mass is 423 g/mol. The Labute approximate surface area is 168 Å². The lowest BCUT2D eigenvalue weighted by molar-refractivity contribution is -0.137. The molecule has 11 heteroatoms. The van der Waals surface area contributed by atoms with E-state index in [1.54, 1.807) is 12.1 Å². The maximum Gasteiger partial charge on any atom is 0.418 e. The van der Waals surface area contributed by atoms with Gasteiger partial charge in [0.2, 0.25) is 11.1 Å². The number of para-hydroxylation sites is 2. The van der Waals surface area contributed by atoms with Crippen LogP contribution < -0.4 is 15.9 Å². The van der Waals surface area contributed by atoms with Crippen molar-refractivity contribution >= 4 is 23.4 Å². The van der Waals surface area contributed by atoms with Gasteiger partial charge in [0.15, 0.2) is 5.82 Å². The number of anilines is 1. The molecule has 0 atom stereocenters. The standard InChI is InChI=1S/C18H16F3N5O2S/c19-18(20,21)13-8-4-5-9-14(13)23-16(27)11-29-17-25-24-15(26(17)22)10-28-12-6-2-1-3-7-12/h1-9H,10-11,22H2,(H,23,27). The second-order valence-corrected chi connectivity index (χ2v) is 6.69. The van der Waals surface area contributed by atoms with Gasteiger partial charge in [0.05, 0.1) is 17.0 Å². The minimum atomic E-state index is -4.57. The maximum absolute atomic E-state index is 13.0. The van der Waals surface area contributed by atoms with Crippen LogP contribution >= 0.6 is 11.8 Å². The second-order valence-electron chi connectivity index (χ2n) is 5.75. The first-order valence-corrected chi connectivity index (χ1v) is 9.29. The number of aromatic nitrogens is 3. The Balaban J connectivity index is 1.57. The fourth-order valence-electron chi connectivity index (χ4n) is 2.32. The molecule has 0 saturated heterocycles. The molecule has 0 unspecified atom stereocenters. The van der Waals surface area contributed by atoms with E-state index in [-0.39, 0.29) is 23.2 Å². The minimum Gasteiger partial charge on any atom is -0.486 e. The van der Waals surface area contributed by atoms with Gasteiger partial charge in [-0.3, -0.25) is 4.79 Å². The van der Waals surface area contributed by atoms with Gasteiger partial charge in [-0.2, -0.15) is 13.2 Å². The summed E-state index contributed by atoms with van der Waals surface area (Å²) in [6.07, 6.45) is -4.57. The zero-order chi connectivity index (χ0) is 20.9. The van der Waals surface area contributed by atoms with Crippen molar-refractivity contribution in [1.82, 2.24) is 14.9 Å². The number of carbonyl (C=O) groups is 1. The van der Waals surface area contributed by atoms with Crippen LogP contribution in [0.4, 0.5) is 18.9 Å². The van der Waals surface area contributed by atoms with E-state index in [9.17, 15) is 18.0 Å². The van der Waals surface area contributed by atoms with Gasteiger partial charge in [0.1, 0.15) is 12.4 Å². The molecule has 0 spiro atoms. The Hall–Kier alpha value is -3.21. The normalized spacial score (nSPS) is 11.3. The number of carbonyl (C=O) groups excluding carboxylic acids is 1. The molecule has 1 aromatic heterocycles. The van der Waals surface area contributed by atoms with Crippen molar-refractivity contribution in [1.29, 1.82) is 0 Å². The number of alkyl halides is 3. The van der Waals surface area contributed by atoms with Gasteiger partial charge in [0, 0.05) is 0 Å². The van der Waals surface area contributed by atoms with Crippen molar-refractivity contribution in [3.05, 3.63) is 66.0 Å². The van der Waals surface area contributed by atoms with Crippen LogP contribution in [0, 0.1) is 0 Å².